The number of aromatic nitrogens is 2. The molecule has 0 spiro atoms. The maximum Gasteiger partial charge on any atom is 0.330 e. The predicted molar refractivity (Wildman–Crippen MR) is 105 cm³/mol. The van der Waals surface area contributed by atoms with Crippen molar-refractivity contribution in [2.45, 2.75) is 12.7 Å². The number of benzene rings is 2. The Hall–Kier alpha value is -3.61. The Morgan fingerprint density at radius 3 is 2.48 bits per heavy atom. The minimum Gasteiger partial charge on any atom is -0.344 e. The summed E-state index contributed by atoms with van der Waals surface area (Å²) in [6, 6.07) is 18.9. The Labute approximate surface area is 156 Å². The average molecular weight is 361 g/mol. The fourth-order valence-electron chi connectivity index (χ4n) is 3.12. The number of anilines is 2. The first-order valence-corrected chi connectivity index (χ1v) is 8.62. The van der Waals surface area contributed by atoms with Crippen LogP contribution in [0.25, 0.3) is 0 Å². The van der Waals surface area contributed by atoms with E-state index in [4.69, 9.17) is 0 Å². The topological polar surface area (TPSA) is 80.4 Å². The number of hydrogen-bond acceptors (Lipinski definition) is 4. The van der Waals surface area contributed by atoms with Gasteiger partial charge < -0.3 is 10.6 Å². The quantitative estimate of drug-likeness (QED) is 0.749. The van der Waals surface area contributed by atoms with E-state index in [0.29, 0.717) is 17.2 Å². The molecule has 0 saturated carbocycles. The van der Waals surface area contributed by atoms with Crippen LogP contribution in [0.2, 0.25) is 0 Å². The van der Waals surface area contributed by atoms with Crippen LogP contribution in [0.5, 0.6) is 0 Å². The van der Waals surface area contributed by atoms with Crippen LogP contribution in [0, 0.1) is 0 Å². The number of fused-ring (bicyclic) bond motifs is 1. The molecule has 136 valence electrons. The summed E-state index contributed by atoms with van der Waals surface area (Å²) in [6.45, 7) is -0.0827. The smallest absolute Gasteiger partial charge is 0.330 e. The van der Waals surface area contributed by atoms with E-state index in [1.807, 2.05) is 48.5 Å². The molecule has 3 aromatic rings. The average Bonchev–Trinajstić information content (AvgIpc) is 2.94. The Morgan fingerprint density at radius 1 is 1.11 bits per heavy atom. The number of imidazole rings is 1. The summed E-state index contributed by atoms with van der Waals surface area (Å²) in [5, 5.41) is 6.07. The van der Waals surface area contributed by atoms with Crippen LogP contribution in [0.15, 0.2) is 70.5 Å². The van der Waals surface area contributed by atoms with E-state index in [1.165, 1.54) is 9.13 Å². The molecule has 0 aliphatic carbocycles. The maximum atomic E-state index is 12.6. The van der Waals surface area contributed by atoms with Crippen molar-refractivity contribution in [1.29, 1.82) is 0 Å². The van der Waals surface area contributed by atoms with Crippen LogP contribution in [0.1, 0.15) is 17.4 Å². The molecular weight excluding hydrogens is 342 g/mol. The summed E-state index contributed by atoms with van der Waals surface area (Å²) in [6.07, 6.45) is 1.39. The molecule has 1 amide bonds. The molecule has 1 atom stereocenters. The van der Waals surface area contributed by atoms with Crippen molar-refractivity contribution in [1.82, 2.24) is 9.13 Å². The lowest BCUT2D eigenvalue weighted by atomic mass is 10.1. The first-order valence-electron chi connectivity index (χ1n) is 8.62. The molecule has 2 N–H and O–H groups in total. The van der Waals surface area contributed by atoms with Gasteiger partial charge in [0.2, 0.25) is 5.91 Å². The van der Waals surface area contributed by atoms with Crippen molar-refractivity contribution in [3.8, 4) is 0 Å². The summed E-state index contributed by atoms with van der Waals surface area (Å²) >= 11 is 0. The number of carbonyl (C=O) groups excluding carboxylic acids is 1. The fraction of sp³-hybridized carbons (Fsp3) is 0.150. The third kappa shape index (κ3) is 3.27. The number of amides is 1. The van der Waals surface area contributed by atoms with E-state index >= 15 is 0 Å². The van der Waals surface area contributed by atoms with Crippen molar-refractivity contribution in [2.75, 3.05) is 10.6 Å². The van der Waals surface area contributed by atoms with Gasteiger partial charge in [0.1, 0.15) is 24.2 Å². The number of hydrogen-bond donors (Lipinski definition) is 2. The molecule has 1 aliphatic heterocycles. The molecule has 1 aromatic heterocycles. The van der Waals surface area contributed by atoms with Crippen LogP contribution in [0.3, 0.4) is 0 Å². The van der Waals surface area contributed by atoms with E-state index in [0.717, 1.165) is 5.56 Å². The summed E-state index contributed by atoms with van der Waals surface area (Å²) in [7, 11) is 1.68. The third-order valence-electron chi connectivity index (χ3n) is 4.48. The van der Waals surface area contributed by atoms with E-state index in [2.05, 4.69) is 15.6 Å². The van der Waals surface area contributed by atoms with Gasteiger partial charge in [-0.25, -0.2) is 4.79 Å². The second-order valence-corrected chi connectivity index (χ2v) is 6.31. The van der Waals surface area contributed by atoms with Crippen molar-refractivity contribution in [3.63, 3.8) is 0 Å². The lowest BCUT2D eigenvalue weighted by molar-refractivity contribution is -0.116. The zero-order chi connectivity index (χ0) is 18.8. The fourth-order valence-corrected chi connectivity index (χ4v) is 3.12. The Balaban J connectivity index is 1.59. The molecule has 0 saturated heterocycles. The van der Waals surface area contributed by atoms with Gasteiger partial charge in [-0.15, -0.1) is 0 Å². The maximum absolute atomic E-state index is 12.6. The molecule has 1 aliphatic rings. The highest BCUT2D eigenvalue weighted by molar-refractivity contribution is 5.92. The van der Waals surface area contributed by atoms with Gasteiger partial charge in [-0.1, -0.05) is 48.5 Å². The van der Waals surface area contributed by atoms with Crippen LogP contribution in [0.4, 0.5) is 11.5 Å². The first-order chi connectivity index (χ1) is 13.1. The number of nitrogens with zero attached hydrogens (tertiary/aromatic N) is 3. The van der Waals surface area contributed by atoms with Crippen molar-refractivity contribution >= 4 is 23.6 Å². The minimum atomic E-state index is -0.268. The zero-order valence-electron chi connectivity index (χ0n) is 14.8. The minimum absolute atomic E-state index is 0.0827. The Morgan fingerprint density at radius 2 is 1.78 bits per heavy atom. The van der Waals surface area contributed by atoms with E-state index < -0.39 is 0 Å². The van der Waals surface area contributed by atoms with Crippen molar-refractivity contribution in [3.05, 3.63) is 82.4 Å². The second kappa shape index (κ2) is 6.95. The van der Waals surface area contributed by atoms with Crippen LogP contribution < -0.4 is 16.3 Å². The molecule has 27 heavy (non-hydrogen) atoms. The van der Waals surface area contributed by atoms with Gasteiger partial charge >= 0.3 is 5.69 Å². The molecule has 0 bridgehead atoms. The predicted octanol–water partition coefficient (Wildman–Crippen LogP) is 2.37. The Kier molecular flexibility index (Phi) is 4.33. The van der Waals surface area contributed by atoms with Gasteiger partial charge in [0.15, 0.2) is 0 Å². The molecule has 7 heteroatoms. The van der Waals surface area contributed by atoms with Gasteiger partial charge in [-0.3, -0.25) is 18.9 Å². The normalized spacial score (nSPS) is 15.1. The molecule has 0 fully saturated rings. The molecule has 2 aromatic carbocycles. The molecule has 4 rings (SSSR count). The summed E-state index contributed by atoms with van der Waals surface area (Å²) < 4.78 is 2.93. The molecule has 7 nitrogen and oxygen atoms in total. The summed E-state index contributed by atoms with van der Waals surface area (Å²) in [5.74, 6) is 0.381. The standard InChI is InChI=1S/C20H19N5O2/c1-24-19-16(12-21-18(23-19)14-8-4-2-5-9-14)25(20(24)27)13-17(26)22-15-10-6-3-7-11-15/h2-12,18,23H,13H2,1H3,(H,22,26). The largest absolute Gasteiger partial charge is 0.344 e. The van der Waals surface area contributed by atoms with Crippen LogP contribution in [-0.4, -0.2) is 21.3 Å². The van der Waals surface area contributed by atoms with Gasteiger partial charge in [0, 0.05) is 12.7 Å². The Bertz CT molecular complexity index is 1050. The van der Waals surface area contributed by atoms with Gasteiger partial charge in [-0.2, -0.15) is 0 Å². The zero-order valence-corrected chi connectivity index (χ0v) is 14.8. The van der Waals surface area contributed by atoms with Gasteiger partial charge in [-0.05, 0) is 17.7 Å². The van der Waals surface area contributed by atoms with Crippen molar-refractivity contribution < 1.29 is 4.79 Å². The lowest BCUT2D eigenvalue weighted by Crippen LogP contribution is -2.29. The van der Waals surface area contributed by atoms with E-state index in [9.17, 15) is 9.59 Å². The number of para-hydroxylation sites is 1. The lowest BCUT2D eigenvalue weighted by Gasteiger charge is -2.20. The first kappa shape index (κ1) is 16.8. The van der Waals surface area contributed by atoms with E-state index in [-0.39, 0.29) is 24.3 Å². The highest BCUT2D eigenvalue weighted by atomic mass is 16.2. The SMILES string of the molecule is Cn1c2c(n(CC(=O)Nc3ccccc3)c1=O)C=NC(c1ccccc1)N2. The highest BCUT2D eigenvalue weighted by Crippen LogP contribution is 2.26. The number of carbonyl (C=O) groups is 1. The molecule has 1 unspecified atom stereocenters. The van der Waals surface area contributed by atoms with Crippen molar-refractivity contribution in [2.24, 2.45) is 12.0 Å². The van der Waals surface area contributed by atoms with Gasteiger partial charge in [0.25, 0.3) is 0 Å². The monoisotopic (exact) mass is 361 g/mol. The summed E-state index contributed by atoms with van der Waals surface area (Å²) in [4.78, 5) is 29.5. The second-order valence-electron chi connectivity index (χ2n) is 6.31. The van der Waals surface area contributed by atoms with Crippen LogP contribution >= 0.6 is 0 Å². The summed E-state index contributed by atoms with van der Waals surface area (Å²) in [5.41, 5.74) is 2.02. The number of rotatable bonds is 4. The molecule has 0 radical (unpaired) electrons. The number of aliphatic imine (C=N–C) groups is 1. The molecular formula is C20H19N5O2. The van der Waals surface area contributed by atoms with E-state index in [1.54, 1.807) is 25.4 Å². The number of nitrogens with one attached hydrogen (secondary N) is 2. The molecule has 2 heterocycles. The van der Waals surface area contributed by atoms with Crippen LogP contribution in [-0.2, 0) is 18.4 Å². The highest BCUT2D eigenvalue weighted by Gasteiger charge is 2.24. The third-order valence-corrected chi connectivity index (χ3v) is 4.48. The van der Waals surface area contributed by atoms with Gasteiger partial charge in [0.05, 0.1) is 6.21 Å².